The third kappa shape index (κ3) is 2.55. The number of aromatic nitrogens is 2. The highest BCUT2D eigenvalue weighted by Crippen LogP contribution is 2.36. The van der Waals surface area contributed by atoms with Gasteiger partial charge in [0, 0.05) is 25.0 Å². The Morgan fingerprint density at radius 1 is 1.39 bits per heavy atom. The van der Waals surface area contributed by atoms with Crippen molar-refractivity contribution in [3.05, 3.63) is 47.8 Å². The number of hydrogen-bond acceptors (Lipinski definition) is 2. The molecule has 1 heterocycles. The second kappa shape index (κ2) is 4.84. The van der Waals surface area contributed by atoms with Crippen molar-refractivity contribution in [2.45, 2.75) is 32.2 Å². The van der Waals surface area contributed by atoms with Gasteiger partial charge in [-0.3, -0.25) is 0 Å². The van der Waals surface area contributed by atoms with E-state index in [1.807, 2.05) is 6.20 Å². The smallest absolute Gasteiger partial charge is 0.203 e. The molecule has 0 unspecified atom stereocenters. The van der Waals surface area contributed by atoms with E-state index in [4.69, 9.17) is 0 Å². The Morgan fingerprint density at radius 3 is 3.06 bits per heavy atom. The lowest BCUT2D eigenvalue weighted by atomic mass is 10.1. The second-order valence-electron chi connectivity index (χ2n) is 5.06. The maximum atomic E-state index is 4.38. The Kier molecular flexibility index (Phi) is 3.05. The molecule has 3 nitrogen and oxygen atoms in total. The van der Waals surface area contributed by atoms with Crippen LogP contribution in [0.25, 0.3) is 0 Å². The molecule has 1 aromatic carbocycles. The number of rotatable bonds is 5. The van der Waals surface area contributed by atoms with E-state index in [1.165, 1.54) is 24.0 Å². The minimum absolute atomic E-state index is 0.689. The first-order chi connectivity index (χ1) is 8.83. The summed E-state index contributed by atoms with van der Waals surface area (Å²) in [6, 6.07) is 9.37. The van der Waals surface area contributed by atoms with Crippen LogP contribution < -0.4 is 5.32 Å². The Bertz CT molecular complexity index is 526. The van der Waals surface area contributed by atoms with E-state index in [1.54, 1.807) is 0 Å². The molecule has 1 aliphatic carbocycles. The SMILES string of the molecule is Cc1cccc(CCNc2nccn2C2CC2)c1. The molecule has 1 N–H and O–H groups in total. The molecule has 18 heavy (non-hydrogen) atoms. The van der Waals surface area contributed by atoms with E-state index >= 15 is 0 Å². The van der Waals surface area contributed by atoms with Crippen LogP contribution in [0.15, 0.2) is 36.7 Å². The van der Waals surface area contributed by atoms with Gasteiger partial charge < -0.3 is 9.88 Å². The standard InChI is InChI=1S/C15H19N3/c1-12-3-2-4-13(11-12)7-8-16-15-17-9-10-18(15)14-5-6-14/h2-4,9-11,14H,5-8H2,1H3,(H,16,17). The van der Waals surface area contributed by atoms with Crippen LogP contribution in [-0.2, 0) is 6.42 Å². The molecule has 0 spiro atoms. The zero-order valence-corrected chi connectivity index (χ0v) is 10.8. The molecule has 94 valence electrons. The fraction of sp³-hybridized carbons (Fsp3) is 0.400. The maximum Gasteiger partial charge on any atom is 0.203 e. The van der Waals surface area contributed by atoms with Gasteiger partial charge in [0.2, 0.25) is 5.95 Å². The van der Waals surface area contributed by atoms with Gasteiger partial charge in [0.05, 0.1) is 0 Å². The van der Waals surface area contributed by atoms with Gasteiger partial charge >= 0.3 is 0 Å². The summed E-state index contributed by atoms with van der Waals surface area (Å²) in [5, 5.41) is 3.43. The lowest BCUT2D eigenvalue weighted by Gasteiger charge is -2.09. The molecule has 3 heteroatoms. The molecule has 3 rings (SSSR count). The zero-order chi connectivity index (χ0) is 12.4. The Hall–Kier alpha value is -1.77. The van der Waals surface area contributed by atoms with Crippen molar-refractivity contribution in [3.8, 4) is 0 Å². The average Bonchev–Trinajstić information content (AvgIpc) is 3.10. The fourth-order valence-corrected chi connectivity index (χ4v) is 2.28. The molecule has 1 aromatic heterocycles. The number of anilines is 1. The second-order valence-corrected chi connectivity index (χ2v) is 5.06. The summed E-state index contributed by atoms with van der Waals surface area (Å²) in [7, 11) is 0. The molecule has 0 aliphatic heterocycles. The molecule has 1 saturated carbocycles. The fourth-order valence-electron chi connectivity index (χ4n) is 2.28. The van der Waals surface area contributed by atoms with Gasteiger partial charge in [-0.05, 0) is 31.7 Å². The minimum atomic E-state index is 0.689. The lowest BCUT2D eigenvalue weighted by molar-refractivity contribution is 0.742. The van der Waals surface area contributed by atoms with Gasteiger partial charge in [0.1, 0.15) is 0 Å². The van der Waals surface area contributed by atoms with E-state index in [2.05, 4.69) is 52.3 Å². The summed E-state index contributed by atoms with van der Waals surface area (Å²) in [6.07, 6.45) is 7.59. The number of nitrogens with zero attached hydrogens (tertiary/aromatic N) is 2. The largest absolute Gasteiger partial charge is 0.355 e. The van der Waals surface area contributed by atoms with Gasteiger partial charge in [-0.15, -0.1) is 0 Å². The highest BCUT2D eigenvalue weighted by molar-refractivity contribution is 5.29. The van der Waals surface area contributed by atoms with E-state index in [0.29, 0.717) is 6.04 Å². The molecular weight excluding hydrogens is 222 g/mol. The number of benzene rings is 1. The van der Waals surface area contributed by atoms with Crippen molar-refractivity contribution in [2.75, 3.05) is 11.9 Å². The maximum absolute atomic E-state index is 4.38. The summed E-state index contributed by atoms with van der Waals surface area (Å²) in [5.41, 5.74) is 2.71. The molecule has 0 amide bonds. The highest BCUT2D eigenvalue weighted by Gasteiger charge is 2.25. The molecular formula is C15H19N3. The lowest BCUT2D eigenvalue weighted by Crippen LogP contribution is -2.10. The van der Waals surface area contributed by atoms with E-state index < -0.39 is 0 Å². The van der Waals surface area contributed by atoms with E-state index in [9.17, 15) is 0 Å². The van der Waals surface area contributed by atoms with Crippen LogP contribution in [0.5, 0.6) is 0 Å². The molecule has 2 aromatic rings. The van der Waals surface area contributed by atoms with Crippen LogP contribution in [0.4, 0.5) is 5.95 Å². The monoisotopic (exact) mass is 241 g/mol. The van der Waals surface area contributed by atoms with Crippen molar-refractivity contribution in [1.82, 2.24) is 9.55 Å². The Balaban J connectivity index is 1.56. The first-order valence-corrected chi connectivity index (χ1v) is 6.65. The summed E-state index contributed by atoms with van der Waals surface area (Å²) in [4.78, 5) is 4.38. The van der Waals surface area contributed by atoms with Crippen molar-refractivity contribution in [2.24, 2.45) is 0 Å². The number of aryl methyl sites for hydroxylation is 1. The van der Waals surface area contributed by atoms with Gasteiger partial charge in [0.15, 0.2) is 0 Å². The van der Waals surface area contributed by atoms with Crippen molar-refractivity contribution in [3.63, 3.8) is 0 Å². The van der Waals surface area contributed by atoms with Gasteiger partial charge in [0.25, 0.3) is 0 Å². The number of hydrogen-bond donors (Lipinski definition) is 1. The van der Waals surface area contributed by atoms with Crippen LogP contribution in [0.1, 0.15) is 30.0 Å². The predicted molar refractivity (Wildman–Crippen MR) is 73.9 cm³/mol. The van der Waals surface area contributed by atoms with Crippen LogP contribution in [-0.4, -0.2) is 16.1 Å². The third-order valence-electron chi connectivity index (χ3n) is 3.39. The van der Waals surface area contributed by atoms with E-state index in [0.717, 1.165) is 18.9 Å². The summed E-state index contributed by atoms with van der Waals surface area (Å²) >= 11 is 0. The van der Waals surface area contributed by atoms with Crippen molar-refractivity contribution in [1.29, 1.82) is 0 Å². The molecule has 0 radical (unpaired) electrons. The predicted octanol–water partition coefficient (Wildman–Crippen LogP) is 3.18. The molecule has 0 saturated heterocycles. The van der Waals surface area contributed by atoms with Crippen LogP contribution in [0.3, 0.4) is 0 Å². The molecule has 1 fully saturated rings. The normalized spacial score (nSPS) is 14.7. The Labute approximate surface area is 108 Å². The van der Waals surface area contributed by atoms with E-state index in [-0.39, 0.29) is 0 Å². The van der Waals surface area contributed by atoms with Crippen molar-refractivity contribution >= 4 is 5.95 Å². The van der Waals surface area contributed by atoms with Crippen LogP contribution in [0.2, 0.25) is 0 Å². The summed E-state index contributed by atoms with van der Waals surface area (Å²) in [5.74, 6) is 1.02. The quantitative estimate of drug-likeness (QED) is 0.871. The first kappa shape index (κ1) is 11.3. The highest BCUT2D eigenvalue weighted by atomic mass is 15.2. The molecule has 1 aliphatic rings. The van der Waals surface area contributed by atoms with Gasteiger partial charge in [-0.25, -0.2) is 4.98 Å². The summed E-state index contributed by atoms with van der Waals surface area (Å²) in [6.45, 7) is 3.07. The van der Waals surface area contributed by atoms with Crippen LogP contribution in [0, 0.1) is 6.92 Å². The number of imidazole rings is 1. The number of nitrogens with one attached hydrogen (secondary N) is 1. The molecule has 0 atom stereocenters. The average molecular weight is 241 g/mol. The third-order valence-corrected chi connectivity index (χ3v) is 3.39. The summed E-state index contributed by atoms with van der Waals surface area (Å²) < 4.78 is 2.26. The topological polar surface area (TPSA) is 29.9 Å². The minimum Gasteiger partial charge on any atom is -0.355 e. The zero-order valence-electron chi connectivity index (χ0n) is 10.8. The van der Waals surface area contributed by atoms with Gasteiger partial charge in [-0.2, -0.15) is 0 Å². The Morgan fingerprint density at radius 2 is 2.28 bits per heavy atom. The molecule has 0 bridgehead atoms. The first-order valence-electron chi connectivity index (χ1n) is 6.65. The van der Waals surface area contributed by atoms with Crippen LogP contribution >= 0.6 is 0 Å². The van der Waals surface area contributed by atoms with Crippen molar-refractivity contribution < 1.29 is 0 Å². The van der Waals surface area contributed by atoms with Gasteiger partial charge in [-0.1, -0.05) is 29.8 Å².